The van der Waals surface area contributed by atoms with Gasteiger partial charge in [-0.2, -0.15) is 0 Å². The zero-order chi connectivity index (χ0) is 20.8. The number of anilines is 1. The van der Waals surface area contributed by atoms with Crippen molar-refractivity contribution in [3.63, 3.8) is 0 Å². The number of nitrogen functional groups attached to an aromatic ring is 1. The van der Waals surface area contributed by atoms with Gasteiger partial charge in [-0.15, -0.1) is 11.8 Å². The molecule has 0 saturated carbocycles. The number of carbonyl (C=O) groups is 2. The average Bonchev–Trinajstić information content (AvgIpc) is 2.68. The van der Waals surface area contributed by atoms with E-state index in [9.17, 15) is 19.2 Å². The van der Waals surface area contributed by atoms with E-state index in [0.29, 0.717) is 17.2 Å². The summed E-state index contributed by atoms with van der Waals surface area (Å²) < 4.78 is 6.71. The van der Waals surface area contributed by atoms with Crippen molar-refractivity contribution < 1.29 is 14.3 Å². The summed E-state index contributed by atoms with van der Waals surface area (Å²) in [6, 6.07) is 7.36. The SMILES string of the molecule is Cn1c(N)c(C(=O)COC(=O)CCCSc2ccc(Cl)cc2)c(=O)n(C)c1=O. The molecule has 0 fully saturated rings. The van der Waals surface area contributed by atoms with Crippen molar-refractivity contribution in [3.8, 4) is 0 Å². The monoisotopic (exact) mass is 425 g/mol. The van der Waals surface area contributed by atoms with E-state index in [-0.39, 0.29) is 17.8 Å². The van der Waals surface area contributed by atoms with Crippen molar-refractivity contribution in [3.05, 3.63) is 55.7 Å². The highest BCUT2D eigenvalue weighted by Crippen LogP contribution is 2.21. The van der Waals surface area contributed by atoms with Crippen molar-refractivity contribution in [1.82, 2.24) is 9.13 Å². The highest BCUT2D eigenvalue weighted by molar-refractivity contribution is 7.99. The number of carbonyl (C=O) groups excluding carboxylic acids is 2. The zero-order valence-electron chi connectivity index (χ0n) is 15.4. The third-order valence-electron chi connectivity index (χ3n) is 3.96. The number of rotatable bonds is 8. The molecule has 0 saturated heterocycles. The van der Waals surface area contributed by atoms with E-state index < -0.39 is 29.6 Å². The number of ketones is 1. The van der Waals surface area contributed by atoms with Crippen molar-refractivity contribution >= 4 is 40.9 Å². The normalized spacial score (nSPS) is 10.7. The Morgan fingerprint density at radius 2 is 1.79 bits per heavy atom. The highest BCUT2D eigenvalue weighted by Gasteiger charge is 2.21. The van der Waals surface area contributed by atoms with Crippen LogP contribution in [0.25, 0.3) is 0 Å². The summed E-state index contributed by atoms with van der Waals surface area (Å²) in [6.45, 7) is -0.610. The summed E-state index contributed by atoms with van der Waals surface area (Å²) in [5, 5.41) is 0.659. The number of nitrogens with zero attached hydrogens (tertiary/aromatic N) is 2. The van der Waals surface area contributed by atoms with E-state index in [4.69, 9.17) is 22.1 Å². The lowest BCUT2D eigenvalue weighted by molar-refractivity contribution is -0.142. The van der Waals surface area contributed by atoms with Crippen LogP contribution < -0.4 is 17.0 Å². The van der Waals surface area contributed by atoms with Gasteiger partial charge in [0.15, 0.2) is 6.61 Å². The number of nitrogens with two attached hydrogens (primary N) is 1. The number of hydrogen-bond acceptors (Lipinski definition) is 7. The molecule has 0 bridgehead atoms. The fraction of sp³-hybridized carbons (Fsp3) is 0.333. The fourth-order valence-corrected chi connectivity index (χ4v) is 3.33. The van der Waals surface area contributed by atoms with E-state index in [1.807, 2.05) is 12.1 Å². The van der Waals surface area contributed by atoms with Gasteiger partial charge in [-0.25, -0.2) is 4.79 Å². The first-order valence-corrected chi connectivity index (χ1v) is 9.71. The van der Waals surface area contributed by atoms with E-state index in [0.717, 1.165) is 14.0 Å². The number of halogens is 1. The maximum Gasteiger partial charge on any atom is 0.332 e. The van der Waals surface area contributed by atoms with Gasteiger partial charge in [0.05, 0.1) is 0 Å². The molecule has 1 heterocycles. The minimum atomic E-state index is -0.819. The number of hydrogen-bond donors (Lipinski definition) is 1. The van der Waals surface area contributed by atoms with Gasteiger partial charge in [0.2, 0.25) is 5.78 Å². The Morgan fingerprint density at radius 3 is 2.43 bits per heavy atom. The first-order valence-electron chi connectivity index (χ1n) is 8.35. The van der Waals surface area contributed by atoms with E-state index in [1.54, 1.807) is 23.9 Å². The number of benzene rings is 1. The summed E-state index contributed by atoms with van der Waals surface area (Å²) in [5.41, 5.74) is 3.87. The molecule has 0 atom stereocenters. The molecule has 0 aliphatic rings. The molecule has 2 N–H and O–H groups in total. The first-order chi connectivity index (χ1) is 13.2. The minimum Gasteiger partial charge on any atom is -0.457 e. The first kappa shape index (κ1) is 21.8. The Kier molecular flexibility index (Phi) is 7.47. The van der Waals surface area contributed by atoms with Crippen LogP contribution in [-0.4, -0.2) is 33.2 Å². The van der Waals surface area contributed by atoms with Gasteiger partial charge in [-0.05, 0) is 36.4 Å². The summed E-state index contributed by atoms with van der Waals surface area (Å²) in [5.74, 6) is -0.865. The van der Waals surface area contributed by atoms with Crippen molar-refractivity contribution in [2.24, 2.45) is 14.1 Å². The van der Waals surface area contributed by atoms with Crippen LogP contribution in [0.3, 0.4) is 0 Å². The number of thioether (sulfide) groups is 1. The summed E-state index contributed by atoms with van der Waals surface area (Å²) in [6.07, 6.45) is 0.693. The topological polar surface area (TPSA) is 113 Å². The summed E-state index contributed by atoms with van der Waals surface area (Å²) >= 11 is 7.39. The van der Waals surface area contributed by atoms with Gasteiger partial charge in [0, 0.05) is 30.4 Å². The van der Waals surface area contributed by atoms with Crippen LogP contribution in [0.1, 0.15) is 23.2 Å². The molecule has 0 radical (unpaired) electrons. The molecule has 1 aromatic heterocycles. The Balaban J connectivity index is 1.84. The van der Waals surface area contributed by atoms with E-state index >= 15 is 0 Å². The highest BCUT2D eigenvalue weighted by atomic mass is 35.5. The molecule has 0 amide bonds. The van der Waals surface area contributed by atoms with Crippen molar-refractivity contribution in [2.45, 2.75) is 17.7 Å². The average molecular weight is 426 g/mol. The lowest BCUT2D eigenvalue weighted by atomic mass is 10.2. The Bertz CT molecular complexity index is 998. The maximum absolute atomic E-state index is 12.2. The van der Waals surface area contributed by atoms with E-state index in [1.165, 1.54) is 14.1 Å². The second kappa shape index (κ2) is 9.61. The van der Waals surface area contributed by atoms with Crippen LogP contribution >= 0.6 is 23.4 Å². The van der Waals surface area contributed by atoms with Crippen LogP contribution in [0.5, 0.6) is 0 Å². The van der Waals surface area contributed by atoms with Gasteiger partial charge in [-0.1, -0.05) is 11.6 Å². The molecule has 150 valence electrons. The smallest absolute Gasteiger partial charge is 0.332 e. The molecule has 0 aliphatic heterocycles. The molecule has 8 nitrogen and oxygen atoms in total. The van der Waals surface area contributed by atoms with Crippen molar-refractivity contribution in [2.75, 3.05) is 18.1 Å². The van der Waals surface area contributed by atoms with Gasteiger partial charge >= 0.3 is 11.7 Å². The quantitative estimate of drug-likeness (QED) is 0.296. The van der Waals surface area contributed by atoms with Gasteiger partial charge in [0.1, 0.15) is 11.4 Å². The lowest BCUT2D eigenvalue weighted by Crippen LogP contribution is -2.42. The maximum atomic E-state index is 12.2. The Labute approximate surface area is 170 Å². The minimum absolute atomic E-state index is 0.134. The molecule has 10 heteroatoms. The number of Topliss-reactive ketones (excluding diaryl/α,β-unsaturated/α-hetero) is 1. The summed E-state index contributed by atoms with van der Waals surface area (Å²) in [7, 11) is 2.59. The summed E-state index contributed by atoms with van der Waals surface area (Å²) in [4.78, 5) is 49.0. The lowest BCUT2D eigenvalue weighted by Gasteiger charge is -2.11. The third kappa shape index (κ3) is 5.26. The molecule has 28 heavy (non-hydrogen) atoms. The number of ether oxygens (including phenoxy) is 1. The standard InChI is InChI=1S/C18H20ClN3O5S/c1-21-16(20)15(17(25)22(2)18(21)26)13(23)10-27-14(24)4-3-9-28-12-7-5-11(19)6-8-12/h5-8H,3-4,9-10,20H2,1-2H3. The third-order valence-corrected chi connectivity index (χ3v) is 5.31. The van der Waals surface area contributed by atoms with Crippen LogP contribution in [-0.2, 0) is 23.6 Å². The number of aromatic nitrogens is 2. The molecule has 1 aromatic carbocycles. The number of esters is 1. The van der Waals surface area contributed by atoms with Crippen LogP contribution in [0.4, 0.5) is 5.82 Å². The van der Waals surface area contributed by atoms with Crippen molar-refractivity contribution in [1.29, 1.82) is 0 Å². The molecule has 2 aromatic rings. The van der Waals surface area contributed by atoms with Gasteiger partial charge in [-0.3, -0.25) is 23.5 Å². The Hall–Kier alpha value is -2.52. The fourth-order valence-electron chi connectivity index (χ4n) is 2.35. The van der Waals surface area contributed by atoms with Gasteiger partial charge in [0.25, 0.3) is 5.56 Å². The van der Waals surface area contributed by atoms with Crippen LogP contribution in [0.15, 0.2) is 38.8 Å². The molecule has 0 aliphatic carbocycles. The second-order valence-electron chi connectivity index (χ2n) is 5.96. The van der Waals surface area contributed by atoms with Crippen LogP contribution in [0, 0.1) is 0 Å². The largest absolute Gasteiger partial charge is 0.457 e. The van der Waals surface area contributed by atoms with E-state index in [2.05, 4.69) is 0 Å². The molecular formula is C18H20ClN3O5S. The molecule has 0 spiro atoms. The van der Waals surface area contributed by atoms with Crippen LogP contribution in [0.2, 0.25) is 5.02 Å². The molecule has 2 rings (SSSR count). The zero-order valence-corrected chi connectivity index (χ0v) is 17.0. The second-order valence-corrected chi connectivity index (χ2v) is 7.56. The Morgan fingerprint density at radius 1 is 1.14 bits per heavy atom. The van der Waals surface area contributed by atoms with Gasteiger partial charge < -0.3 is 10.5 Å². The molecular weight excluding hydrogens is 406 g/mol. The molecule has 0 unspecified atom stereocenters. The predicted octanol–water partition coefficient (Wildman–Crippen LogP) is 1.62. The predicted molar refractivity (Wildman–Crippen MR) is 108 cm³/mol.